The Hall–Kier alpha value is -2.12. The Morgan fingerprint density at radius 3 is 2.57 bits per heavy atom. The molecule has 0 saturated carbocycles. The minimum atomic E-state index is -1.22. The average Bonchev–Trinajstić information content (AvgIpc) is 2.38. The van der Waals surface area contributed by atoms with E-state index in [0.717, 1.165) is 11.3 Å². The number of rotatable bonds is 5. The predicted molar refractivity (Wildman–Crippen MR) is 73.4 cm³/mol. The van der Waals surface area contributed by atoms with E-state index < -0.39 is 35.4 Å². The van der Waals surface area contributed by atoms with Crippen LogP contribution in [0.2, 0.25) is 0 Å². The number of nitrogens with one attached hydrogen (secondary N) is 2. The van der Waals surface area contributed by atoms with Gasteiger partial charge in [-0.1, -0.05) is 19.8 Å². The molecule has 0 aromatic heterocycles. The number of hydrogen-bond donors (Lipinski definition) is 3. The summed E-state index contributed by atoms with van der Waals surface area (Å²) in [6, 6.07) is -1.76. The third-order valence-electron chi connectivity index (χ3n) is 3.47. The van der Waals surface area contributed by atoms with Gasteiger partial charge in [0.15, 0.2) is 0 Å². The van der Waals surface area contributed by atoms with Gasteiger partial charge in [-0.25, -0.2) is 9.59 Å². The summed E-state index contributed by atoms with van der Waals surface area (Å²) in [4.78, 5) is 47.5. The van der Waals surface area contributed by atoms with Crippen molar-refractivity contribution >= 4 is 23.8 Å². The number of unbranched alkanes of at least 4 members (excludes halogenated alkanes) is 1. The lowest BCUT2D eigenvalue weighted by atomic mass is 9.99. The molecule has 21 heavy (non-hydrogen) atoms. The summed E-state index contributed by atoms with van der Waals surface area (Å²) in [6.07, 6.45) is 1.75. The molecule has 118 valence electrons. The van der Waals surface area contributed by atoms with E-state index >= 15 is 0 Å². The van der Waals surface area contributed by atoms with Gasteiger partial charge >= 0.3 is 12.0 Å². The third kappa shape index (κ3) is 3.93. The highest BCUT2D eigenvalue weighted by Gasteiger charge is 2.44. The molecule has 8 nitrogen and oxygen atoms in total. The fourth-order valence-corrected chi connectivity index (χ4v) is 2.00. The maximum absolute atomic E-state index is 12.2. The number of carbonyl (C=O) groups excluding carboxylic acids is 3. The van der Waals surface area contributed by atoms with Crippen molar-refractivity contribution < 1.29 is 24.3 Å². The maximum atomic E-state index is 12.2. The summed E-state index contributed by atoms with van der Waals surface area (Å²) < 4.78 is 0. The van der Waals surface area contributed by atoms with Crippen molar-refractivity contribution in [1.82, 2.24) is 15.5 Å². The van der Waals surface area contributed by atoms with Gasteiger partial charge in [-0.3, -0.25) is 14.9 Å². The van der Waals surface area contributed by atoms with E-state index in [1.54, 1.807) is 0 Å². The van der Waals surface area contributed by atoms with Crippen LogP contribution < -0.4 is 10.6 Å². The van der Waals surface area contributed by atoms with E-state index in [9.17, 15) is 19.2 Å². The topological polar surface area (TPSA) is 116 Å². The molecule has 0 radical (unpaired) electrons. The quantitative estimate of drug-likeness (QED) is 0.622. The van der Waals surface area contributed by atoms with E-state index in [1.807, 2.05) is 6.92 Å². The summed E-state index contributed by atoms with van der Waals surface area (Å²) in [5, 5.41) is 13.6. The van der Waals surface area contributed by atoms with Crippen molar-refractivity contribution in [3.8, 4) is 0 Å². The zero-order valence-corrected chi connectivity index (χ0v) is 12.4. The second kappa shape index (κ2) is 6.55. The molecular weight excluding hydrogens is 278 g/mol. The number of hydrogen-bond acceptors (Lipinski definition) is 4. The number of nitrogens with zero attached hydrogens (tertiary/aromatic N) is 1. The molecule has 1 heterocycles. The van der Waals surface area contributed by atoms with Crippen molar-refractivity contribution in [3.05, 3.63) is 0 Å². The van der Waals surface area contributed by atoms with Crippen LogP contribution in [0.25, 0.3) is 0 Å². The molecule has 1 unspecified atom stereocenters. The minimum Gasteiger partial charge on any atom is -0.480 e. The first-order chi connectivity index (χ1) is 9.70. The lowest BCUT2D eigenvalue weighted by Gasteiger charge is -2.40. The molecule has 1 atom stereocenters. The smallest absolute Gasteiger partial charge is 0.326 e. The van der Waals surface area contributed by atoms with Gasteiger partial charge in [0.2, 0.25) is 5.91 Å². The van der Waals surface area contributed by atoms with Crippen LogP contribution in [0.3, 0.4) is 0 Å². The van der Waals surface area contributed by atoms with Crippen molar-refractivity contribution in [1.29, 1.82) is 0 Å². The zero-order chi connectivity index (χ0) is 16.2. The molecule has 0 spiro atoms. The van der Waals surface area contributed by atoms with Crippen molar-refractivity contribution in [2.24, 2.45) is 0 Å². The van der Waals surface area contributed by atoms with Gasteiger partial charge in [-0.2, -0.15) is 0 Å². The monoisotopic (exact) mass is 299 g/mol. The average molecular weight is 299 g/mol. The first kappa shape index (κ1) is 16.9. The van der Waals surface area contributed by atoms with Crippen LogP contribution >= 0.6 is 0 Å². The Balaban J connectivity index is 2.82. The zero-order valence-electron chi connectivity index (χ0n) is 12.4. The van der Waals surface area contributed by atoms with Crippen molar-refractivity contribution in [3.63, 3.8) is 0 Å². The molecule has 8 heteroatoms. The van der Waals surface area contributed by atoms with Crippen LogP contribution in [0, 0.1) is 0 Å². The van der Waals surface area contributed by atoms with Crippen molar-refractivity contribution in [2.75, 3.05) is 6.54 Å². The number of amides is 4. The second-order valence-electron chi connectivity index (χ2n) is 5.51. The predicted octanol–water partition coefficient (Wildman–Crippen LogP) is 0.0764. The third-order valence-corrected chi connectivity index (χ3v) is 3.47. The van der Waals surface area contributed by atoms with Crippen LogP contribution in [0.15, 0.2) is 0 Å². The van der Waals surface area contributed by atoms with Gasteiger partial charge in [-0.15, -0.1) is 0 Å². The number of aliphatic carboxylic acids is 1. The Morgan fingerprint density at radius 1 is 1.43 bits per heavy atom. The normalized spacial score (nSPS) is 18.9. The minimum absolute atomic E-state index is 0.287. The summed E-state index contributed by atoms with van der Waals surface area (Å²) in [7, 11) is 0. The lowest BCUT2D eigenvalue weighted by Crippen LogP contribution is -2.67. The van der Waals surface area contributed by atoms with Crippen LogP contribution in [-0.2, 0) is 14.4 Å². The second-order valence-corrected chi connectivity index (χ2v) is 5.51. The van der Waals surface area contributed by atoms with Crippen molar-refractivity contribution in [2.45, 2.75) is 51.6 Å². The molecule has 1 rings (SSSR count). The summed E-state index contributed by atoms with van der Waals surface area (Å²) in [6.45, 7) is 4.62. The number of carboxylic acid groups (broad SMARTS) is 1. The van der Waals surface area contributed by atoms with Crippen LogP contribution in [0.5, 0.6) is 0 Å². The van der Waals surface area contributed by atoms with Gasteiger partial charge in [0.05, 0.1) is 0 Å². The fourth-order valence-electron chi connectivity index (χ4n) is 2.00. The van der Waals surface area contributed by atoms with Crippen LogP contribution in [0.1, 0.15) is 40.0 Å². The Bertz CT molecular complexity index is 461. The largest absolute Gasteiger partial charge is 0.480 e. The Morgan fingerprint density at radius 2 is 2.05 bits per heavy atom. The number of carboxylic acids is 1. The molecular formula is C13H21N3O5. The van der Waals surface area contributed by atoms with Gasteiger partial charge < -0.3 is 15.3 Å². The maximum Gasteiger partial charge on any atom is 0.326 e. The van der Waals surface area contributed by atoms with E-state index in [1.165, 1.54) is 13.8 Å². The number of urea groups is 1. The molecule has 0 aromatic carbocycles. The van der Waals surface area contributed by atoms with E-state index in [4.69, 9.17) is 5.11 Å². The molecule has 3 N–H and O–H groups in total. The molecule has 0 aromatic rings. The highest BCUT2D eigenvalue weighted by molar-refractivity contribution is 6.06. The van der Waals surface area contributed by atoms with Gasteiger partial charge in [0.1, 0.15) is 18.1 Å². The molecule has 1 aliphatic heterocycles. The molecule has 1 saturated heterocycles. The van der Waals surface area contributed by atoms with E-state index in [0.29, 0.717) is 12.8 Å². The van der Waals surface area contributed by atoms with Gasteiger partial charge in [-0.05, 0) is 20.3 Å². The number of carbonyl (C=O) groups is 4. The molecule has 1 aliphatic rings. The van der Waals surface area contributed by atoms with Gasteiger partial charge in [0, 0.05) is 0 Å². The summed E-state index contributed by atoms with van der Waals surface area (Å²) in [5.74, 6) is -2.31. The van der Waals surface area contributed by atoms with Crippen LogP contribution in [-0.4, -0.2) is 51.9 Å². The standard InChI is InChI=1S/C13H21N3O5/c1-4-5-6-8(10(18)19)14-12(21)16-7-9(17)15-11(20)13(16,2)3/h8H,4-7H2,1-3H3,(H,14,21)(H,18,19)(H,15,17,20). The van der Waals surface area contributed by atoms with Gasteiger partial charge in [0.25, 0.3) is 5.91 Å². The lowest BCUT2D eigenvalue weighted by molar-refractivity contribution is -0.142. The molecule has 1 fully saturated rings. The Kier molecular flexibility index (Phi) is 5.28. The number of piperazine rings is 1. The highest BCUT2D eigenvalue weighted by Crippen LogP contribution is 2.18. The van der Waals surface area contributed by atoms with E-state index in [2.05, 4.69) is 10.6 Å². The fraction of sp³-hybridized carbons (Fsp3) is 0.692. The SMILES string of the molecule is CCCCC(NC(=O)N1CC(=O)NC(=O)C1(C)C)C(=O)O. The Labute approximate surface area is 122 Å². The first-order valence-corrected chi connectivity index (χ1v) is 6.85. The number of imide groups is 1. The highest BCUT2D eigenvalue weighted by atomic mass is 16.4. The summed E-state index contributed by atoms with van der Waals surface area (Å²) >= 11 is 0. The first-order valence-electron chi connectivity index (χ1n) is 6.85. The van der Waals surface area contributed by atoms with E-state index in [-0.39, 0.29) is 6.54 Å². The summed E-state index contributed by atoms with van der Waals surface area (Å²) in [5.41, 5.74) is -1.22. The van der Waals surface area contributed by atoms with Crippen LogP contribution in [0.4, 0.5) is 4.79 Å². The molecule has 0 aliphatic carbocycles. The molecule has 0 bridgehead atoms. The molecule has 4 amide bonds.